The fourth-order valence-electron chi connectivity index (χ4n) is 7.39. The number of nitrogens with zero attached hydrogens (tertiary/aromatic N) is 2. The van der Waals surface area contributed by atoms with E-state index < -0.39 is 59.3 Å². The number of carbonyl (C=O) groups excluding carboxylic acids is 4. The van der Waals surface area contributed by atoms with E-state index in [0.29, 0.717) is 44.4 Å². The Morgan fingerprint density at radius 1 is 1.00 bits per heavy atom. The molecule has 3 amide bonds. The van der Waals surface area contributed by atoms with Crippen LogP contribution in [0.4, 0.5) is 4.79 Å². The van der Waals surface area contributed by atoms with Crippen molar-refractivity contribution in [1.82, 2.24) is 20.5 Å². The molecule has 2 aromatic carbocycles. The van der Waals surface area contributed by atoms with Crippen LogP contribution in [0.1, 0.15) is 79.1 Å². The molecule has 0 bridgehead atoms. The van der Waals surface area contributed by atoms with E-state index in [1.165, 1.54) is 4.90 Å². The molecule has 6 rings (SSSR count). The van der Waals surface area contributed by atoms with Gasteiger partial charge in [-0.2, -0.15) is 0 Å². The second kappa shape index (κ2) is 14.4. The Morgan fingerprint density at radius 2 is 1.70 bits per heavy atom. The molecule has 2 saturated heterocycles. The number of aliphatic hydroxyl groups is 1. The zero-order valence-electron chi connectivity index (χ0n) is 29.3. The molecular formula is C38H48N4O8. The standard InChI is InChI=1S/C38H48N4O8/c1-5-48-35(46)38-21-23(38)19-24(43)13-7-6-8-18-30(40-36(47)50-37(2,3)4)34(45)42-22-25(20-31(42)32(44)41-38)49-33-28-16-10-9-14-26(28)27-15-11-12-17-29(27)39-33/h9-12,14-17,23-25,30-31,43H,5-8,13,18-22H2,1-4H3,(H,40,47)(H,41,44)/t23?,24?,25-,30+,31+,38-/m1/s1. The average molecular weight is 689 g/mol. The molecule has 1 aliphatic carbocycles. The molecule has 0 spiro atoms. The van der Waals surface area contributed by atoms with Crippen LogP contribution < -0.4 is 15.4 Å². The van der Waals surface area contributed by atoms with Gasteiger partial charge in [-0.1, -0.05) is 55.7 Å². The number of alkyl carbamates (subject to hydrolysis) is 1. The summed E-state index contributed by atoms with van der Waals surface area (Å²) in [7, 11) is 0. The number of pyridine rings is 1. The van der Waals surface area contributed by atoms with E-state index in [4.69, 9.17) is 19.2 Å². The number of hydrogen-bond acceptors (Lipinski definition) is 9. The fourth-order valence-corrected chi connectivity index (χ4v) is 7.39. The highest BCUT2D eigenvalue weighted by Gasteiger charge is 2.63. The van der Waals surface area contributed by atoms with E-state index in [9.17, 15) is 24.3 Å². The number of carbonyl (C=O) groups is 4. The number of ether oxygens (including phenoxy) is 3. The van der Waals surface area contributed by atoms with Crippen molar-refractivity contribution in [2.24, 2.45) is 5.92 Å². The second-order valence-corrected chi connectivity index (χ2v) is 14.8. The summed E-state index contributed by atoms with van der Waals surface area (Å²) in [6.45, 7) is 7.13. The Hall–Kier alpha value is -4.45. The zero-order valence-corrected chi connectivity index (χ0v) is 29.3. The van der Waals surface area contributed by atoms with Crippen LogP contribution in [0.15, 0.2) is 48.5 Å². The van der Waals surface area contributed by atoms with Gasteiger partial charge in [0.1, 0.15) is 29.3 Å². The van der Waals surface area contributed by atoms with Gasteiger partial charge >= 0.3 is 12.1 Å². The summed E-state index contributed by atoms with van der Waals surface area (Å²) in [5, 5.41) is 19.3. The Kier molecular flexibility index (Phi) is 10.2. The highest BCUT2D eigenvalue weighted by atomic mass is 16.6. The molecule has 6 atom stereocenters. The molecule has 0 radical (unpaired) electrons. The van der Waals surface area contributed by atoms with E-state index in [0.717, 1.165) is 28.1 Å². The number of nitrogens with one attached hydrogen (secondary N) is 2. The maximum Gasteiger partial charge on any atom is 0.408 e. The minimum atomic E-state index is -1.29. The van der Waals surface area contributed by atoms with Crippen molar-refractivity contribution in [3.8, 4) is 5.88 Å². The molecule has 1 aromatic heterocycles. The maximum absolute atomic E-state index is 14.4. The summed E-state index contributed by atoms with van der Waals surface area (Å²) in [4.78, 5) is 61.2. The van der Waals surface area contributed by atoms with Crippen molar-refractivity contribution in [3.05, 3.63) is 48.5 Å². The van der Waals surface area contributed by atoms with Crippen molar-refractivity contribution in [3.63, 3.8) is 0 Å². The first-order chi connectivity index (χ1) is 23.9. The predicted molar refractivity (Wildman–Crippen MR) is 186 cm³/mol. The Balaban J connectivity index is 1.33. The van der Waals surface area contributed by atoms with Crippen LogP contribution in [0, 0.1) is 5.92 Å². The summed E-state index contributed by atoms with van der Waals surface area (Å²) in [6, 6.07) is 13.6. The van der Waals surface area contributed by atoms with Gasteiger partial charge in [-0.3, -0.25) is 9.59 Å². The number of aromatic nitrogens is 1. The first kappa shape index (κ1) is 35.4. The molecule has 268 valence electrons. The maximum atomic E-state index is 14.4. The number of esters is 1. The van der Waals surface area contributed by atoms with Crippen molar-refractivity contribution < 1.29 is 38.5 Å². The SMILES string of the molecule is CCOC(=O)[C@@]12CC1CC(O)CCCCC[C@H](NC(=O)OC(C)(C)C)C(=O)N1C[C@H](Oc3nc4ccccc4c4ccccc34)C[C@H]1C(=O)N2. The number of aliphatic hydroxyl groups excluding tert-OH is 1. The molecule has 2 unspecified atom stereocenters. The largest absolute Gasteiger partial charge is 0.472 e. The van der Waals surface area contributed by atoms with Gasteiger partial charge in [-0.05, 0) is 76.8 Å². The molecule has 3 aliphatic rings. The summed E-state index contributed by atoms with van der Waals surface area (Å²) >= 11 is 0. The molecular weight excluding hydrogens is 640 g/mol. The van der Waals surface area contributed by atoms with Gasteiger partial charge in [0.2, 0.25) is 17.7 Å². The van der Waals surface area contributed by atoms with Crippen molar-refractivity contribution in [1.29, 1.82) is 0 Å². The predicted octanol–water partition coefficient (Wildman–Crippen LogP) is 4.78. The fraction of sp³-hybridized carbons (Fsp3) is 0.553. The summed E-state index contributed by atoms with van der Waals surface area (Å²) < 4.78 is 17.5. The lowest BCUT2D eigenvalue weighted by atomic mass is 10.0. The quantitative estimate of drug-likeness (QED) is 0.254. The highest BCUT2D eigenvalue weighted by Crippen LogP contribution is 2.48. The summed E-state index contributed by atoms with van der Waals surface area (Å²) in [6.07, 6.45) is 1.68. The minimum Gasteiger partial charge on any atom is -0.472 e. The first-order valence-corrected chi connectivity index (χ1v) is 17.8. The molecule has 50 heavy (non-hydrogen) atoms. The summed E-state index contributed by atoms with van der Waals surface area (Å²) in [5.74, 6) is -1.40. The number of para-hydroxylation sites is 1. The van der Waals surface area contributed by atoms with E-state index in [1.807, 2.05) is 48.5 Å². The molecule has 12 nitrogen and oxygen atoms in total. The molecule has 3 N–H and O–H groups in total. The number of benzene rings is 2. The molecule has 2 aliphatic heterocycles. The third-order valence-electron chi connectivity index (χ3n) is 9.87. The highest BCUT2D eigenvalue weighted by molar-refractivity contribution is 6.07. The van der Waals surface area contributed by atoms with E-state index >= 15 is 0 Å². The lowest BCUT2D eigenvalue weighted by Crippen LogP contribution is -2.57. The van der Waals surface area contributed by atoms with Crippen LogP contribution in [0.2, 0.25) is 0 Å². The second-order valence-electron chi connectivity index (χ2n) is 14.8. The van der Waals surface area contributed by atoms with Crippen molar-refractivity contribution >= 4 is 45.6 Å². The number of amides is 3. The molecule has 3 aromatic rings. The lowest BCUT2D eigenvalue weighted by Gasteiger charge is -2.30. The van der Waals surface area contributed by atoms with Gasteiger partial charge in [0.25, 0.3) is 0 Å². The van der Waals surface area contributed by atoms with Crippen molar-refractivity contribution in [2.75, 3.05) is 13.2 Å². The van der Waals surface area contributed by atoms with Crippen LogP contribution in [0.25, 0.3) is 21.7 Å². The van der Waals surface area contributed by atoms with Gasteiger partial charge in [0, 0.05) is 17.2 Å². The monoisotopic (exact) mass is 688 g/mol. The summed E-state index contributed by atoms with van der Waals surface area (Å²) in [5.41, 5.74) is -1.31. The smallest absolute Gasteiger partial charge is 0.408 e. The van der Waals surface area contributed by atoms with E-state index in [-0.39, 0.29) is 25.5 Å². The minimum absolute atomic E-state index is 0.0564. The zero-order chi connectivity index (χ0) is 35.6. The van der Waals surface area contributed by atoms with Gasteiger partial charge in [0.05, 0.1) is 24.8 Å². The van der Waals surface area contributed by atoms with Crippen LogP contribution in [0.3, 0.4) is 0 Å². The molecule has 3 heterocycles. The Morgan fingerprint density at radius 3 is 2.44 bits per heavy atom. The Labute approximate surface area is 292 Å². The van der Waals surface area contributed by atoms with Crippen molar-refractivity contribution in [2.45, 2.75) is 114 Å². The van der Waals surface area contributed by atoms with Crippen LogP contribution >= 0.6 is 0 Å². The topological polar surface area (TPSA) is 156 Å². The van der Waals surface area contributed by atoms with Gasteiger partial charge in [0.15, 0.2) is 0 Å². The van der Waals surface area contributed by atoms with E-state index in [2.05, 4.69) is 10.6 Å². The Bertz CT molecular complexity index is 1760. The number of rotatable bonds is 5. The number of fused-ring (bicyclic) bond motifs is 5. The van der Waals surface area contributed by atoms with Gasteiger partial charge < -0.3 is 34.9 Å². The van der Waals surface area contributed by atoms with Crippen LogP contribution in [-0.4, -0.2) is 87.5 Å². The van der Waals surface area contributed by atoms with Crippen LogP contribution in [0.5, 0.6) is 5.88 Å². The lowest BCUT2D eigenvalue weighted by molar-refractivity contribution is -0.150. The third kappa shape index (κ3) is 7.65. The van der Waals surface area contributed by atoms with Gasteiger partial charge in [-0.25, -0.2) is 14.6 Å². The van der Waals surface area contributed by atoms with Gasteiger partial charge in [-0.15, -0.1) is 0 Å². The average Bonchev–Trinajstić information content (AvgIpc) is 3.57. The molecule has 3 fully saturated rings. The van der Waals surface area contributed by atoms with Crippen LogP contribution in [-0.2, 0) is 23.9 Å². The normalized spacial score (nSPS) is 27.7. The van der Waals surface area contributed by atoms with E-state index in [1.54, 1.807) is 27.7 Å². The number of hydrogen-bond donors (Lipinski definition) is 3. The molecule has 1 saturated carbocycles. The third-order valence-corrected chi connectivity index (χ3v) is 9.87. The first-order valence-electron chi connectivity index (χ1n) is 17.8. The molecule has 12 heteroatoms.